The zero-order valence-electron chi connectivity index (χ0n) is 14.8. The summed E-state index contributed by atoms with van der Waals surface area (Å²) in [4.78, 5) is 4.57. The van der Waals surface area contributed by atoms with Crippen LogP contribution in [0.5, 0.6) is 0 Å². The van der Waals surface area contributed by atoms with E-state index < -0.39 is 0 Å². The maximum absolute atomic E-state index is 9.64. The topological polar surface area (TPSA) is 49.8 Å². The number of aromatic nitrogens is 1. The van der Waals surface area contributed by atoms with Gasteiger partial charge in [-0.3, -0.25) is 0 Å². The number of nitriles is 1. The number of furan rings is 1. The van der Waals surface area contributed by atoms with E-state index in [9.17, 15) is 5.26 Å². The summed E-state index contributed by atoms with van der Waals surface area (Å²) in [6, 6.07) is 28.4. The van der Waals surface area contributed by atoms with Gasteiger partial charge in [-0.2, -0.15) is 5.26 Å². The van der Waals surface area contributed by atoms with Gasteiger partial charge in [0.05, 0.1) is 15.8 Å². The molecule has 0 N–H and O–H groups in total. The summed E-state index contributed by atoms with van der Waals surface area (Å²) in [5, 5.41) is 12.6. The summed E-state index contributed by atoms with van der Waals surface area (Å²) in [6.45, 7) is 0. The van der Waals surface area contributed by atoms with Crippen LogP contribution in [-0.2, 0) is 0 Å². The summed E-state index contributed by atoms with van der Waals surface area (Å²) < 4.78 is 7.12. The van der Waals surface area contributed by atoms with Crippen LogP contribution in [0.2, 0.25) is 0 Å². The van der Waals surface area contributed by atoms with Gasteiger partial charge >= 0.3 is 0 Å². The lowest BCUT2D eigenvalue weighted by atomic mass is 10.0. The van der Waals surface area contributed by atoms with E-state index in [2.05, 4.69) is 29.3 Å². The minimum Gasteiger partial charge on any atom is -0.457 e. The van der Waals surface area contributed by atoms with Crippen LogP contribution in [0.15, 0.2) is 83.3 Å². The van der Waals surface area contributed by atoms with Gasteiger partial charge in [0.1, 0.15) is 22.6 Å². The Hall–Kier alpha value is -3.68. The van der Waals surface area contributed by atoms with Crippen LogP contribution in [0.4, 0.5) is 0 Å². The number of rotatable bonds is 3. The third kappa shape index (κ3) is 2.88. The Kier molecular flexibility index (Phi) is 4.01. The first-order valence-electron chi connectivity index (χ1n) is 8.87. The lowest BCUT2D eigenvalue weighted by Gasteiger charge is -2.03. The minimum absolute atomic E-state index is 0.500. The van der Waals surface area contributed by atoms with Crippen LogP contribution < -0.4 is 0 Å². The first-order valence-corrected chi connectivity index (χ1v) is 9.69. The maximum atomic E-state index is 9.64. The molecular formula is C24H14N2OS. The fourth-order valence-corrected chi connectivity index (χ4v) is 4.22. The molecule has 28 heavy (non-hydrogen) atoms. The van der Waals surface area contributed by atoms with Crippen LogP contribution in [0.1, 0.15) is 10.8 Å². The quantitative estimate of drug-likeness (QED) is 0.325. The summed E-state index contributed by atoms with van der Waals surface area (Å²) in [7, 11) is 0. The average molecular weight is 378 g/mol. The number of hydrogen-bond donors (Lipinski definition) is 0. The molecule has 2 heterocycles. The zero-order chi connectivity index (χ0) is 18.9. The van der Waals surface area contributed by atoms with Gasteiger partial charge < -0.3 is 4.42 Å². The number of hydrogen-bond acceptors (Lipinski definition) is 4. The summed E-state index contributed by atoms with van der Waals surface area (Å²) >= 11 is 1.51. The molecule has 0 aliphatic heterocycles. The van der Waals surface area contributed by atoms with Crippen LogP contribution in [0.3, 0.4) is 0 Å². The van der Waals surface area contributed by atoms with Gasteiger partial charge in [-0.15, -0.1) is 11.3 Å². The second-order valence-corrected chi connectivity index (χ2v) is 7.42. The molecule has 0 atom stereocenters. The van der Waals surface area contributed by atoms with Crippen molar-refractivity contribution in [1.29, 1.82) is 5.26 Å². The molecule has 132 valence electrons. The van der Waals surface area contributed by atoms with Gasteiger partial charge in [-0.25, -0.2) is 4.98 Å². The van der Waals surface area contributed by atoms with Crippen molar-refractivity contribution in [3.63, 3.8) is 0 Å². The summed E-state index contributed by atoms with van der Waals surface area (Å²) in [5.74, 6) is 1.42. The van der Waals surface area contributed by atoms with E-state index in [-0.39, 0.29) is 0 Å². The number of thiazole rings is 1. The van der Waals surface area contributed by atoms with Gasteiger partial charge in [0.25, 0.3) is 0 Å². The fraction of sp³-hybridized carbons (Fsp3) is 0. The molecule has 5 rings (SSSR count). The van der Waals surface area contributed by atoms with Crippen molar-refractivity contribution >= 4 is 44.0 Å². The van der Waals surface area contributed by atoms with E-state index >= 15 is 0 Å². The predicted molar refractivity (Wildman–Crippen MR) is 115 cm³/mol. The number of allylic oxidation sites excluding steroid dienone is 1. The van der Waals surface area contributed by atoms with Gasteiger partial charge in [-0.1, -0.05) is 54.6 Å². The van der Waals surface area contributed by atoms with Crippen molar-refractivity contribution in [2.75, 3.05) is 0 Å². The Morgan fingerprint density at radius 3 is 2.64 bits per heavy atom. The van der Waals surface area contributed by atoms with Gasteiger partial charge in [0, 0.05) is 11.6 Å². The molecule has 0 amide bonds. The molecule has 0 aliphatic carbocycles. The molecule has 3 nitrogen and oxygen atoms in total. The molecule has 0 unspecified atom stereocenters. The SMILES string of the molecule is N#C/C(=C/c1ccc(-c2cccc3ccccc23)o1)c1nc2ccccc2s1. The third-order valence-electron chi connectivity index (χ3n) is 4.61. The molecule has 0 spiro atoms. The van der Waals surface area contributed by atoms with E-state index in [4.69, 9.17) is 4.42 Å². The van der Waals surface area contributed by atoms with E-state index in [1.807, 2.05) is 60.7 Å². The Morgan fingerprint density at radius 2 is 1.75 bits per heavy atom. The first kappa shape index (κ1) is 16.5. The van der Waals surface area contributed by atoms with Gasteiger partial charge in [-0.05, 0) is 35.0 Å². The Balaban J connectivity index is 1.55. The number of nitrogens with zero attached hydrogens (tertiary/aromatic N) is 2. The van der Waals surface area contributed by atoms with Crippen molar-refractivity contribution in [1.82, 2.24) is 4.98 Å². The van der Waals surface area contributed by atoms with Crippen molar-refractivity contribution in [3.05, 3.63) is 89.6 Å². The summed E-state index contributed by atoms with van der Waals surface area (Å²) in [6.07, 6.45) is 1.76. The van der Waals surface area contributed by atoms with Crippen molar-refractivity contribution in [3.8, 4) is 17.4 Å². The van der Waals surface area contributed by atoms with Crippen LogP contribution in [0, 0.1) is 11.3 Å². The molecule has 2 aromatic heterocycles. The Labute approximate surface area is 165 Å². The highest BCUT2D eigenvalue weighted by Crippen LogP contribution is 2.32. The molecule has 4 heteroatoms. The molecule has 0 bridgehead atoms. The first-order chi connectivity index (χ1) is 13.8. The lowest BCUT2D eigenvalue weighted by molar-refractivity contribution is 0.572. The molecular weight excluding hydrogens is 364 g/mol. The normalized spacial score (nSPS) is 11.8. The number of benzene rings is 3. The zero-order valence-corrected chi connectivity index (χ0v) is 15.6. The maximum Gasteiger partial charge on any atom is 0.135 e. The Morgan fingerprint density at radius 1 is 0.929 bits per heavy atom. The highest BCUT2D eigenvalue weighted by Gasteiger charge is 2.11. The minimum atomic E-state index is 0.500. The molecule has 5 aromatic rings. The van der Waals surface area contributed by atoms with E-state index in [0.717, 1.165) is 26.9 Å². The number of para-hydroxylation sites is 1. The average Bonchev–Trinajstić information content (AvgIpc) is 3.38. The Bertz CT molecular complexity index is 1350. The third-order valence-corrected chi connectivity index (χ3v) is 5.68. The lowest BCUT2D eigenvalue weighted by Crippen LogP contribution is -1.79. The van der Waals surface area contributed by atoms with Crippen LogP contribution in [0.25, 0.3) is 44.0 Å². The smallest absolute Gasteiger partial charge is 0.135 e. The van der Waals surface area contributed by atoms with E-state index in [1.165, 1.54) is 16.7 Å². The predicted octanol–water partition coefficient (Wildman–Crippen LogP) is 6.77. The molecule has 0 radical (unpaired) electrons. The fourth-order valence-electron chi connectivity index (χ4n) is 3.29. The van der Waals surface area contributed by atoms with Gasteiger partial charge in [0.15, 0.2) is 0 Å². The van der Waals surface area contributed by atoms with E-state index in [0.29, 0.717) is 16.3 Å². The molecule has 0 saturated heterocycles. The second-order valence-electron chi connectivity index (χ2n) is 6.39. The molecule has 0 aliphatic rings. The van der Waals surface area contributed by atoms with Gasteiger partial charge in [0.2, 0.25) is 0 Å². The molecule has 0 saturated carbocycles. The number of fused-ring (bicyclic) bond motifs is 2. The monoisotopic (exact) mass is 378 g/mol. The van der Waals surface area contributed by atoms with Crippen LogP contribution >= 0.6 is 11.3 Å². The van der Waals surface area contributed by atoms with Crippen molar-refractivity contribution in [2.45, 2.75) is 0 Å². The van der Waals surface area contributed by atoms with Crippen LogP contribution in [-0.4, -0.2) is 4.98 Å². The highest BCUT2D eigenvalue weighted by molar-refractivity contribution is 7.19. The van der Waals surface area contributed by atoms with E-state index in [1.54, 1.807) is 6.08 Å². The van der Waals surface area contributed by atoms with Crippen molar-refractivity contribution < 1.29 is 4.42 Å². The second kappa shape index (κ2) is 6.80. The molecule has 3 aromatic carbocycles. The highest BCUT2D eigenvalue weighted by atomic mass is 32.1. The van der Waals surface area contributed by atoms with Crippen molar-refractivity contribution in [2.24, 2.45) is 0 Å². The molecule has 0 fully saturated rings. The standard InChI is InChI=1S/C24H14N2OS/c25-15-17(24-26-21-10-3-4-11-23(21)28-24)14-18-12-13-22(27-18)20-9-5-7-16-6-1-2-8-19(16)20/h1-14H/b17-14-. The summed E-state index contributed by atoms with van der Waals surface area (Å²) in [5.41, 5.74) is 2.44. The largest absolute Gasteiger partial charge is 0.457 e.